The second kappa shape index (κ2) is 9.38. The number of halogens is 2. The quantitative estimate of drug-likeness (QED) is 0.834. The molecule has 2 heterocycles. The minimum absolute atomic E-state index is 0. The number of piperidine rings is 1. The van der Waals surface area contributed by atoms with Crippen molar-refractivity contribution in [1.82, 2.24) is 10.2 Å². The van der Waals surface area contributed by atoms with Gasteiger partial charge in [-0.1, -0.05) is 11.6 Å². The number of ether oxygens (including phenoxy) is 1. The molecule has 25 heavy (non-hydrogen) atoms. The van der Waals surface area contributed by atoms with E-state index in [-0.39, 0.29) is 24.2 Å². The molecular weight excluding hydrogens is 365 g/mol. The third-order valence-electron chi connectivity index (χ3n) is 4.33. The van der Waals surface area contributed by atoms with Crippen molar-refractivity contribution in [3.63, 3.8) is 0 Å². The van der Waals surface area contributed by atoms with Crippen LogP contribution in [0.2, 0.25) is 5.02 Å². The number of likely N-dealkylation sites (tertiary alicyclic amines) is 1. The molecule has 2 amide bonds. The molecule has 2 N–H and O–H groups in total. The topological polar surface area (TPSA) is 70.7 Å². The van der Waals surface area contributed by atoms with Gasteiger partial charge in [0.15, 0.2) is 0 Å². The summed E-state index contributed by atoms with van der Waals surface area (Å²) in [4.78, 5) is 27.0. The Bertz CT molecular complexity index is 615. The molecule has 1 unspecified atom stereocenters. The number of morpholine rings is 1. The van der Waals surface area contributed by atoms with Crippen molar-refractivity contribution in [2.45, 2.75) is 25.4 Å². The Morgan fingerprint density at radius 1 is 1.24 bits per heavy atom. The summed E-state index contributed by atoms with van der Waals surface area (Å²) in [6.45, 7) is 3.20. The van der Waals surface area contributed by atoms with Gasteiger partial charge >= 0.3 is 0 Å². The van der Waals surface area contributed by atoms with Crippen LogP contribution >= 0.6 is 24.0 Å². The average molecular weight is 388 g/mol. The van der Waals surface area contributed by atoms with Gasteiger partial charge in [-0.3, -0.25) is 9.59 Å². The number of carbonyl (C=O) groups excluding carboxylic acids is 2. The number of rotatable bonds is 3. The van der Waals surface area contributed by atoms with E-state index in [1.807, 2.05) is 4.90 Å². The lowest BCUT2D eigenvalue weighted by atomic mass is 10.1. The van der Waals surface area contributed by atoms with Crippen molar-refractivity contribution in [3.8, 4) is 0 Å². The van der Waals surface area contributed by atoms with E-state index < -0.39 is 6.10 Å². The number of hydrogen-bond acceptors (Lipinski definition) is 4. The molecule has 8 heteroatoms. The molecule has 2 aliphatic rings. The summed E-state index contributed by atoms with van der Waals surface area (Å²) in [7, 11) is 0. The molecule has 2 saturated heterocycles. The van der Waals surface area contributed by atoms with Gasteiger partial charge in [0.25, 0.3) is 11.8 Å². The van der Waals surface area contributed by atoms with Crippen LogP contribution < -0.4 is 10.6 Å². The molecular formula is C17H23Cl2N3O3. The van der Waals surface area contributed by atoms with Crippen molar-refractivity contribution in [2.75, 3.05) is 38.1 Å². The highest BCUT2D eigenvalue weighted by Crippen LogP contribution is 2.24. The summed E-state index contributed by atoms with van der Waals surface area (Å²) in [6.07, 6.45) is 2.63. The Morgan fingerprint density at radius 2 is 2.00 bits per heavy atom. The fraction of sp³-hybridized carbons (Fsp3) is 0.529. The van der Waals surface area contributed by atoms with E-state index in [0.717, 1.165) is 38.9 Å². The molecule has 0 bridgehead atoms. The summed E-state index contributed by atoms with van der Waals surface area (Å²) in [5.41, 5.74) is 0.913. The third kappa shape index (κ3) is 5.07. The standard InChI is InChI=1S/C17H22ClN3O3.ClH/c18-12-4-5-13(17(23)21-7-2-1-3-8-21)14(10-12)20-16(22)15-11-19-6-9-24-15;/h4-5,10,15,19H,1-3,6-9,11H2,(H,20,22);1H. The van der Waals surface area contributed by atoms with E-state index in [1.165, 1.54) is 0 Å². The number of carbonyl (C=O) groups is 2. The number of hydrogen-bond donors (Lipinski definition) is 2. The first kappa shape index (κ1) is 20.0. The highest BCUT2D eigenvalue weighted by Gasteiger charge is 2.25. The maximum absolute atomic E-state index is 12.8. The minimum Gasteiger partial charge on any atom is -0.366 e. The van der Waals surface area contributed by atoms with Gasteiger partial charge in [0, 0.05) is 31.2 Å². The van der Waals surface area contributed by atoms with Gasteiger partial charge in [-0.2, -0.15) is 0 Å². The Labute approximate surface area is 158 Å². The fourth-order valence-corrected chi connectivity index (χ4v) is 3.19. The van der Waals surface area contributed by atoms with Gasteiger partial charge in [-0.25, -0.2) is 0 Å². The highest BCUT2D eigenvalue weighted by atomic mass is 35.5. The van der Waals surface area contributed by atoms with Crippen molar-refractivity contribution in [2.24, 2.45) is 0 Å². The van der Waals surface area contributed by atoms with Gasteiger partial charge in [0.1, 0.15) is 6.10 Å². The predicted molar refractivity (Wildman–Crippen MR) is 99.7 cm³/mol. The SMILES string of the molecule is Cl.O=C(Nc1cc(Cl)ccc1C(=O)N1CCCCC1)C1CNCCO1. The van der Waals surface area contributed by atoms with Crippen LogP contribution in [-0.2, 0) is 9.53 Å². The largest absolute Gasteiger partial charge is 0.366 e. The molecule has 1 aromatic carbocycles. The maximum Gasteiger partial charge on any atom is 0.255 e. The van der Waals surface area contributed by atoms with Gasteiger partial charge in [0.05, 0.1) is 17.9 Å². The van der Waals surface area contributed by atoms with Crippen molar-refractivity contribution >= 4 is 41.5 Å². The van der Waals surface area contributed by atoms with Gasteiger partial charge < -0.3 is 20.3 Å². The fourth-order valence-electron chi connectivity index (χ4n) is 3.02. The second-order valence-electron chi connectivity index (χ2n) is 6.10. The molecule has 3 rings (SSSR count). The Hall–Kier alpha value is -1.34. The molecule has 0 spiro atoms. The number of anilines is 1. The summed E-state index contributed by atoms with van der Waals surface area (Å²) >= 11 is 6.06. The Kier molecular flexibility index (Phi) is 7.50. The smallest absolute Gasteiger partial charge is 0.255 e. The zero-order valence-corrected chi connectivity index (χ0v) is 15.5. The summed E-state index contributed by atoms with van der Waals surface area (Å²) in [5.74, 6) is -0.332. The third-order valence-corrected chi connectivity index (χ3v) is 4.57. The van der Waals surface area contributed by atoms with Gasteiger partial charge in [-0.15, -0.1) is 12.4 Å². The van der Waals surface area contributed by atoms with Crippen LogP contribution in [0.1, 0.15) is 29.6 Å². The second-order valence-corrected chi connectivity index (χ2v) is 6.53. The first-order valence-corrected chi connectivity index (χ1v) is 8.75. The van der Waals surface area contributed by atoms with Crippen LogP contribution in [0.5, 0.6) is 0 Å². The van der Waals surface area contributed by atoms with E-state index in [1.54, 1.807) is 18.2 Å². The summed E-state index contributed by atoms with van der Waals surface area (Å²) < 4.78 is 5.46. The first-order valence-electron chi connectivity index (χ1n) is 8.37. The van der Waals surface area contributed by atoms with Crippen LogP contribution in [0.3, 0.4) is 0 Å². The normalized spacial score (nSPS) is 20.5. The molecule has 0 aromatic heterocycles. The van der Waals surface area contributed by atoms with E-state index in [9.17, 15) is 9.59 Å². The van der Waals surface area contributed by atoms with Crippen molar-refractivity contribution in [3.05, 3.63) is 28.8 Å². The molecule has 0 saturated carbocycles. The van der Waals surface area contributed by atoms with E-state index in [4.69, 9.17) is 16.3 Å². The molecule has 2 fully saturated rings. The van der Waals surface area contributed by atoms with E-state index >= 15 is 0 Å². The van der Waals surface area contributed by atoms with Crippen molar-refractivity contribution < 1.29 is 14.3 Å². The van der Waals surface area contributed by atoms with Crippen LogP contribution in [-0.4, -0.2) is 55.6 Å². The monoisotopic (exact) mass is 387 g/mol. The highest BCUT2D eigenvalue weighted by molar-refractivity contribution is 6.31. The lowest BCUT2D eigenvalue weighted by Gasteiger charge is -2.28. The summed E-state index contributed by atoms with van der Waals surface area (Å²) in [6, 6.07) is 4.97. The number of nitrogens with zero attached hydrogens (tertiary/aromatic N) is 1. The zero-order valence-electron chi connectivity index (χ0n) is 13.9. The lowest BCUT2D eigenvalue weighted by Crippen LogP contribution is -2.45. The first-order chi connectivity index (χ1) is 11.6. The Morgan fingerprint density at radius 3 is 2.68 bits per heavy atom. The van der Waals surface area contributed by atoms with E-state index in [0.29, 0.717) is 29.4 Å². The van der Waals surface area contributed by atoms with Gasteiger partial charge in [0.2, 0.25) is 0 Å². The lowest BCUT2D eigenvalue weighted by molar-refractivity contribution is -0.128. The molecule has 0 aliphatic carbocycles. The Balaban J connectivity index is 0.00000225. The van der Waals surface area contributed by atoms with Gasteiger partial charge in [-0.05, 0) is 37.5 Å². The molecule has 2 aliphatic heterocycles. The van der Waals surface area contributed by atoms with Crippen LogP contribution in [0.4, 0.5) is 5.69 Å². The predicted octanol–water partition coefficient (Wildman–Crippen LogP) is 2.31. The summed E-state index contributed by atoms with van der Waals surface area (Å²) in [5, 5.41) is 6.40. The number of nitrogens with one attached hydrogen (secondary N) is 2. The maximum atomic E-state index is 12.8. The molecule has 0 radical (unpaired) electrons. The number of amides is 2. The van der Waals surface area contributed by atoms with Crippen LogP contribution in [0.25, 0.3) is 0 Å². The molecule has 6 nitrogen and oxygen atoms in total. The molecule has 1 aromatic rings. The van der Waals surface area contributed by atoms with Crippen LogP contribution in [0, 0.1) is 0 Å². The van der Waals surface area contributed by atoms with Crippen LogP contribution in [0.15, 0.2) is 18.2 Å². The molecule has 1 atom stereocenters. The zero-order chi connectivity index (χ0) is 16.9. The number of benzene rings is 1. The average Bonchev–Trinajstić information content (AvgIpc) is 2.63. The van der Waals surface area contributed by atoms with Crippen molar-refractivity contribution in [1.29, 1.82) is 0 Å². The molecule has 138 valence electrons. The minimum atomic E-state index is -0.560. The van der Waals surface area contributed by atoms with E-state index in [2.05, 4.69) is 10.6 Å².